The Bertz CT molecular complexity index is 1080. The summed E-state index contributed by atoms with van der Waals surface area (Å²) in [5, 5.41) is 6.06. The maximum atomic E-state index is 12.7. The smallest absolute Gasteiger partial charge is 0.282 e. The lowest BCUT2D eigenvalue weighted by atomic mass is 10.2. The van der Waals surface area contributed by atoms with Gasteiger partial charge < -0.3 is 4.52 Å². The van der Waals surface area contributed by atoms with Crippen LogP contribution in [0.2, 0.25) is 0 Å². The van der Waals surface area contributed by atoms with Crippen LogP contribution in [0.1, 0.15) is 16.2 Å². The molecule has 0 radical (unpaired) electrons. The number of rotatable bonds is 6. The van der Waals surface area contributed by atoms with Crippen LogP contribution < -0.4 is 4.90 Å². The number of thiazole rings is 1. The summed E-state index contributed by atoms with van der Waals surface area (Å²) in [6, 6.07) is 8.02. The van der Waals surface area contributed by atoms with Crippen molar-refractivity contribution < 1.29 is 17.7 Å². The number of hydrogen-bond acceptors (Lipinski definition) is 7. The second-order valence-corrected chi connectivity index (χ2v) is 8.69. The second kappa shape index (κ2) is 7.45. The third-order valence-electron chi connectivity index (χ3n) is 3.71. The van der Waals surface area contributed by atoms with Crippen molar-refractivity contribution in [1.82, 2.24) is 10.1 Å². The molecule has 0 bridgehead atoms. The van der Waals surface area contributed by atoms with Crippen molar-refractivity contribution in [2.75, 3.05) is 17.7 Å². The van der Waals surface area contributed by atoms with Gasteiger partial charge in [0.25, 0.3) is 5.91 Å². The Kier molecular flexibility index (Phi) is 5.24. The van der Waals surface area contributed by atoms with Crippen molar-refractivity contribution in [1.29, 1.82) is 0 Å². The lowest BCUT2D eigenvalue weighted by Gasteiger charge is -2.16. The van der Waals surface area contributed by atoms with Crippen molar-refractivity contribution >= 4 is 32.2 Å². The van der Waals surface area contributed by atoms with Crippen LogP contribution in [0, 0.1) is 6.92 Å². The topological polar surface area (TPSA) is 93.4 Å². The van der Waals surface area contributed by atoms with Crippen LogP contribution in [0.3, 0.4) is 0 Å². The van der Waals surface area contributed by atoms with Gasteiger partial charge in [-0.05, 0) is 19.1 Å². The monoisotopic (exact) mass is 403 g/mol. The maximum Gasteiger partial charge on any atom is 0.282 e. The van der Waals surface area contributed by atoms with Crippen molar-refractivity contribution in [3.63, 3.8) is 0 Å². The molecule has 2 heterocycles. The Morgan fingerprint density at radius 2 is 2.04 bits per heavy atom. The summed E-state index contributed by atoms with van der Waals surface area (Å²) in [5.41, 5.74) is 1.60. The highest BCUT2D eigenvalue weighted by atomic mass is 32.2. The van der Waals surface area contributed by atoms with Gasteiger partial charge in [0.15, 0.2) is 20.7 Å². The maximum absolute atomic E-state index is 12.7. The number of aryl methyl sites for hydroxylation is 1. The van der Waals surface area contributed by atoms with Crippen molar-refractivity contribution in [2.24, 2.45) is 0 Å². The van der Waals surface area contributed by atoms with Gasteiger partial charge in [-0.25, -0.2) is 13.4 Å². The van der Waals surface area contributed by atoms with Crippen LogP contribution >= 0.6 is 11.3 Å². The molecule has 140 valence electrons. The van der Waals surface area contributed by atoms with E-state index >= 15 is 0 Å². The van der Waals surface area contributed by atoms with Gasteiger partial charge in [-0.2, -0.15) is 0 Å². The number of hydrogen-bond donors (Lipinski definition) is 0. The van der Waals surface area contributed by atoms with E-state index in [-0.39, 0.29) is 23.0 Å². The number of amides is 1. The molecule has 7 nitrogen and oxygen atoms in total. The molecule has 27 heavy (non-hydrogen) atoms. The van der Waals surface area contributed by atoms with Gasteiger partial charge in [-0.1, -0.05) is 23.4 Å². The van der Waals surface area contributed by atoms with E-state index in [0.29, 0.717) is 16.6 Å². The molecule has 9 heteroatoms. The molecule has 0 aliphatic carbocycles. The van der Waals surface area contributed by atoms with Gasteiger partial charge in [0, 0.05) is 29.8 Å². The van der Waals surface area contributed by atoms with Crippen LogP contribution in [0.15, 0.2) is 57.8 Å². The highest BCUT2D eigenvalue weighted by molar-refractivity contribution is 7.90. The number of benzene rings is 1. The van der Waals surface area contributed by atoms with E-state index in [0.717, 1.165) is 11.8 Å². The summed E-state index contributed by atoms with van der Waals surface area (Å²) >= 11 is 1.30. The average molecular weight is 403 g/mol. The zero-order chi connectivity index (χ0) is 19.6. The highest BCUT2D eigenvalue weighted by Gasteiger charge is 2.23. The third-order valence-corrected chi connectivity index (χ3v) is 5.70. The first-order valence-corrected chi connectivity index (χ1v) is 10.7. The summed E-state index contributed by atoms with van der Waals surface area (Å²) in [7, 11) is -3.25. The Morgan fingerprint density at radius 3 is 2.59 bits per heavy atom. The number of nitrogens with zero attached hydrogens (tertiary/aromatic N) is 3. The fourth-order valence-electron chi connectivity index (χ4n) is 2.38. The number of carbonyl (C=O) groups is 1. The minimum Gasteiger partial charge on any atom is -0.361 e. The fraction of sp³-hybridized carbons (Fsp3) is 0.167. The quantitative estimate of drug-likeness (QED) is 0.586. The van der Waals surface area contributed by atoms with E-state index in [1.807, 2.05) is 5.38 Å². The van der Waals surface area contributed by atoms with E-state index in [1.165, 1.54) is 28.4 Å². The first-order chi connectivity index (χ1) is 12.8. The molecule has 3 aromatic rings. The zero-order valence-electron chi connectivity index (χ0n) is 14.7. The van der Waals surface area contributed by atoms with Gasteiger partial charge >= 0.3 is 0 Å². The first-order valence-electron chi connectivity index (χ1n) is 7.91. The average Bonchev–Trinajstić information content (AvgIpc) is 3.28. The number of carbonyl (C=O) groups excluding carboxylic acids is 1. The Labute approximate surface area is 160 Å². The number of anilines is 1. The molecule has 0 saturated carbocycles. The molecular formula is C18H17N3O4S2. The van der Waals surface area contributed by atoms with E-state index in [1.54, 1.807) is 31.2 Å². The highest BCUT2D eigenvalue weighted by Crippen LogP contribution is 2.29. The van der Waals surface area contributed by atoms with E-state index < -0.39 is 9.84 Å². The standard InChI is InChI=1S/C18H17N3O4S2/c1-4-9-21(17(22)15-10-12(2)25-20-15)18-19-16(11-26-18)13-5-7-14(8-6-13)27(3,23)24/h4-8,10-11H,1,9H2,2-3H3. The summed E-state index contributed by atoms with van der Waals surface area (Å²) < 4.78 is 28.1. The minimum absolute atomic E-state index is 0.198. The number of sulfone groups is 1. The fourth-order valence-corrected chi connectivity index (χ4v) is 3.85. The van der Waals surface area contributed by atoms with Crippen molar-refractivity contribution in [3.8, 4) is 11.3 Å². The molecule has 3 rings (SSSR count). The Balaban J connectivity index is 1.90. The molecule has 0 aliphatic heterocycles. The second-order valence-electron chi connectivity index (χ2n) is 5.84. The predicted molar refractivity (Wildman–Crippen MR) is 104 cm³/mol. The lowest BCUT2D eigenvalue weighted by Crippen LogP contribution is -2.31. The first kappa shape index (κ1) is 19.0. The van der Waals surface area contributed by atoms with Gasteiger partial charge in [0.2, 0.25) is 0 Å². The van der Waals surface area contributed by atoms with Crippen LogP contribution in [-0.2, 0) is 9.84 Å². The van der Waals surface area contributed by atoms with Crippen molar-refractivity contribution in [3.05, 3.63) is 59.8 Å². The van der Waals surface area contributed by atoms with Gasteiger partial charge in [-0.3, -0.25) is 9.69 Å². The molecule has 0 spiro atoms. The van der Waals surface area contributed by atoms with Crippen LogP contribution in [0.5, 0.6) is 0 Å². The van der Waals surface area contributed by atoms with Crippen molar-refractivity contribution in [2.45, 2.75) is 11.8 Å². The normalized spacial score (nSPS) is 11.3. The molecule has 1 aromatic carbocycles. The molecule has 0 saturated heterocycles. The van der Waals surface area contributed by atoms with Crippen LogP contribution in [0.25, 0.3) is 11.3 Å². The third kappa shape index (κ3) is 4.15. The van der Waals surface area contributed by atoms with E-state index in [4.69, 9.17) is 4.52 Å². The van der Waals surface area contributed by atoms with Gasteiger partial charge in [0.05, 0.1) is 10.6 Å². The minimum atomic E-state index is -3.25. The molecule has 0 atom stereocenters. The molecule has 1 amide bonds. The largest absolute Gasteiger partial charge is 0.361 e. The molecule has 0 aliphatic rings. The summed E-state index contributed by atoms with van der Waals surface area (Å²) in [6.07, 6.45) is 2.76. The van der Waals surface area contributed by atoms with Gasteiger partial charge in [-0.15, -0.1) is 17.9 Å². The zero-order valence-corrected chi connectivity index (χ0v) is 16.4. The Hall–Kier alpha value is -2.78. The number of aromatic nitrogens is 2. The molecular weight excluding hydrogens is 386 g/mol. The molecule has 0 fully saturated rings. The van der Waals surface area contributed by atoms with E-state index in [2.05, 4.69) is 16.7 Å². The Morgan fingerprint density at radius 1 is 1.33 bits per heavy atom. The van der Waals surface area contributed by atoms with Gasteiger partial charge in [0.1, 0.15) is 5.76 Å². The predicted octanol–water partition coefficient (Wildman–Crippen LogP) is 3.34. The lowest BCUT2D eigenvalue weighted by molar-refractivity contribution is 0.0981. The summed E-state index contributed by atoms with van der Waals surface area (Å²) in [5.74, 6) is 0.211. The summed E-state index contributed by atoms with van der Waals surface area (Å²) in [6.45, 7) is 5.67. The SMILES string of the molecule is C=CCN(C(=O)c1cc(C)on1)c1nc(-c2ccc(S(C)(=O)=O)cc2)cs1. The molecule has 0 unspecified atom stereocenters. The molecule has 0 N–H and O–H groups in total. The summed E-state index contributed by atoms with van der Waals surface area (Å²) in [4.78, 5) is 18.9. The van der Waals surface area contributed by atoms with E-state index in [9.17, 15) is 13.2 Å². The van der Waals surface area contributed by atoms with Crippen LogP contribution in [-0.4, -0.2) is 37.3 Å². The van der Waals surface area contributed by atoms with Crippen LogP contribution in [0.4, 0.5) is 5.13 Å². The molecule has 2 aromatic heterocycles.